The lowest BCUT2D eigenvalue weighted by Gasteiger charge is -2.50. The molecule has 1 aliphatic carbocycles. The van der Waals surface area contributed by atoms with E-state index in [0.29, 0.717) is 21.5 Å². The Bertz CT molecular complexity index is 2000. The maximum absolute atomic E-state index is 15.2. The molecule has 9 nitrogen and oxygen atoms in total. The maximum atomic E-state index is 15.2. The quantitative estimate of drug-likeness (QED) is 0.134. The highest BCUT2D eigenvalue weighted by Gasteiger charge is 2.61. The molecule has 2 heterocycles. The van der Waals surface area contributed by atoms with Crippen LogP contribution in [0.3, 0.4) is 0 Å². The van der Waals surface area contributed by atoms with Crippen LogP contribution in [-0.4, -0.2) is 47.0 Å². The minimum absolute atomic E-state index is 0.0857. The number of benzene rings is 3. The predicted molar refractivity (Wildman–Crippen MR) is 174 cm³/mol. The van der Waals surface area contributed by atoms with Crippen LogP contribution < -0.4 is 4.90 Å². The van der Waals surface area contributed by atoms with Gasteiger partial charge in [-0.3, -0.25) is 9.78 Å². The largest absolute Gasteiger partial charge is 0.478 e. The highest BCUT2D eigenvalue weighted by molar-refractivity contribution is 7.89. The average Bonchev–Trinajstić information content (AvgIpc) is 3.64. The second kappa shape index (κ2) is 13.9. The van der Waals surface area contributed by atoms with Crippen molar-refractivity contribution in [1.82, 2.24) is 9.29 Å². The van der Waals surface area contributed by atoms with E-state index < -0.39 is 67.9 Å². The molecule has 0 bridgehead atoms. The van der Waals surface area contributed by atoms with Crippen molar-refractivity contribution >= 4 is 27.6 Å². The Morgan fingerprint density at radius 2 is 1.58 bits per heavy atom. The van der Waals surface area contributed by atoms with Crippen LogP contribution in [-0.2, 0) is 32.7 Å². The van der Waals surface area contributed by atoms with Gasteiger partial charge in [0.25, 0.3) is 15.9 Å². The summed E-state index contributed by atoms with van der Waals surface area (Å²) in [6.07, 6.45) is 5.71. The first kappa shape index (κ1) is 35.2. The number of aromatic nitrogens is 1. The van der Waals surface area contributed by atoms with E-state index in [1.54, 1.807) is 42.6 Å². The molecule has 1 saturated heterocycles. The summed E-state index contributed by atoms with van der Waals surface area (Å²) < 4.78 is 94.2. The number of amides is 1. The zero-order valence-electron chi connectivity index (χ0n) is 26.9. The summed E-state index contributed by atoms with van der Waals surface area (Å²) in [6.45, 7) is -0.300. The lowest BCUT2D eigenvalue weighted by Crippen LogP contribution is -2.70. The highest BCUT2D eigenvalue weighted by atomic mass is 32.2. The number of carbonyl (C=O) groups excluding carboxylic acids is 1. The van der Waals surface area contributed by atoms with E-state index in [1.165, 1.54) is 24.3 Å². The summed E-state index contributed by atoms with van der Waals surface area (Å²) in [7, 11) is -5.47. The Hall–Kier alpha value is -4.66. The Balaban J connectivity index is 1.44. The molecule has 0 spiro atoms. The summed E-state index contributed by atoms with van der Waals surface area (Å²) in [5.41, 5.74) is -1.48. The van der Waals surface area contributed by atoms with E-state index in [9.17, 15) is 31.9 Å². The van der Waals surface area contributed by atoms with Gasteiger partial charge in [-0.15, -0.1) is 0 Å². The van der Waals surface area contributed by atoms with Crippen molar-refractivity contribution < 1.29 is 45.4 Å². The molecule has 50 heavy (non-hydrogen) atoms. The Morgan fingerprint density at radius 1 is 0.940 bits per heavy atom. The van der Waals surface area contributed by atoms with E-state index in [2.05, 4.69) is 4.98 Å². The van der Waals surface area contributed by atoms with Crippen molar-refractivity contribution in [1.29, 1.82) is 0 Å². The van der Waals surface area contributed by atoms with Crippen LogP contribution in [0.4, 0.5) is 23.2 Å². The van der Waals surface area contributed by atoms with E-state index in [4.69, 9.17) is 4.74 Å². The normalized spacial score (nSPS) is 18.2. The van der Waals surface area contributed by atoms with E-state index >= 15 is 8.78 Å². The van der Waals surface area contributed by atoms with Crippen LogP contribution >= 0.6 is 0 Å². The van der Waals surface area contributed by atoms with Gasteiger partial charge in [-0.05, 0) is 67.1 Å². The number of nitrogens with zero attached hydrogens (tertiary/aromatic N) is 3. The number of carboxylic acids is 1. The molecular weight excluding hydrogens is 678 g/mol. The summed E-state index contributed by atoms with van der Waals surface area (Å²) in [6, 6.07) is 17.2. The van der Waals surface area contributed by atoms with Gasteiger partial charge < -0.3 is 14.7 Å². The molecule has 1 aromatic heterocycles. The summed E-state index contributed by atoms with van der Waals surface area (Å²) >= 11 is 0. The lowest BCUT2D eigenvalue weighted by atomic mass is 9.98. The fourth-order valence-corrected chi connectivity index (χ4v) is 8.24. The molecule has 262 valence electrons. The molecule has 2 aliphatic rings. The Morgan fingerprint density at radius 3 is 2.12 bits per heavy atom. The summed E-state index contributed by atoms with van der Waals surface area (Å²) in [5.74, 6) is -9.91. The number of anilines is 1. The van der Waals surface area contributed by atoms with Gasteiger partial charge in [0, 0.05) is 30.4 Å². The van der Waals surface area contributed by atoms with Gasteiger partial charge in [0.05, 0.1) is 24.4 Å². The van der Waals surface area contributed by atoms with Gasteiger partial charge in [0.1, 0.15) is 0 Å². The van der Waals surface area contributed by atoms with Crippen LogP contribution in [0.1, 0.15) is 70.8 Å². The van der Waals surface area contributed by atoms with Crippen LogP contribution in [0.5, 0.6) is 0 Å². The second-order valence-corrected chi connectivity index (χ2v) is 14.2. The number of sulfonamides is 1. The molecule has 1 N–H and O–H groups in total. The number of hydrogen-bond acceptors (Lipinski definition) is 6. The van der Waals surface area contributed by atoms with Crippen molar-refractivity contribution in [2.75, 3.05) is 11.4 Å². The van der Waals surface area contributed by atoms with Crippen molar-refractivity contribution in [3.05, 3.63) is 124 Å². The van der Waals surface area contributed by atoms with Crippen molar-refractivity contribution in [3.8, 4) is 0 Å². The lowest BCUT2D eigenvalue weighted by molar-refractivity contribution is -0.194. The number of aromatic carboxylic acids is 1. The zero-order valence-corrected chi connectivity index (χ0v) is 27.7. The Labute approximate surface area is 286 Å². The number of pyridine rings is 1. The minimum atomic E-state index is -5.47. The molecule has 1 atom stereocenters. The molecule has 4 aromatic rings. The second-order valence-electron chi connectivity index (χ2n) is 12.4. The molecule has 0 radical (unpaired) electrons. The molecule has 14 heteroatoms. The van der Waals surface area contributed by atoms with Gasteiger partial charge in [-0.1, -0.05) is 49.2 Å². The number of halogens is 4. The highest BCUT2D eigenvalue weighted by Crippen LogP contribution is 2.43. The van der Waals surface area contributed by atoms with Gasteiger partial charge in [0.2, 0.25) is 5.72 Å². The van der Waals surface area contributed by atoms with Gasteiger partial charge in [-0.2, -0.15) is 4.31 Å². The SMILES string of the molecule is Cc1c(F)c(F)c(S(=O)(=O)N2CC[C@@]2(OCc2ccccc2)C(=O)N(Cc2ccc(C3CCCC3)cn2)c2ccc(C(=O)O)cc2)c(F)c1F. The van der Waals surface area contributed by atoms with Crippen molar-refractivity contribution in [3.63, 3.8) is 0 Å². The number of carboxylic acid groups (broad SMARTS) is 1. The number of carbonyl (C=O) groups is 2. The van der Waals surface area contributed by atoms with Gasteiger partial charge in [0.15, 0.2) is 28.2 Å². The molecule has 6 rings (SSSR count). The smallest absolute Gasteiger partial charge is 0.335 e. The number of hydrogen-bond donors (Lipinski definition) is 1. The molecular formula is C36H33F4N3O6S. The zero-order chi connectivity index (χ0) is 35.8. The molecule has 0 unspecified atom stereocenters. The van der Waals surface area contributed by atoms with Crippen LogP contribution in [0, 0.1) is 30.2 Å². The average molecular weight is 712 g/mol. The molecule has 3 aromatic carbocycles. The third-order valence-corrected chi connectivity index (χ3v) is 11.3. The van der Waals surface area contributed by atoms with E-state index in [1.807, 2.05) is 6.07 Å². The van der Waals surface area contributed by atoms with E-state index in [-0.39, 0.29) is 30.8 Å². The first-order valence-electron chi connectivity index (χ1n) is 16.0. The molecule has 1 saturated carbocycles. The number of ether oxygens (including phenoxy) is 1. The standard InChI is InChI=1S/C36H33F4N3O6S/c1-22-29(37)31(39)33(32(40)30(22)38)50(47,48)43-18-17-36(43,49-21-23-7-3-2-4-8-23)35(46)42(28-15-12-25(13-16-28)34(44)45)20-27-14-11-26(19-41-27)24-9-5-6-10-24/h2-4,7-8,11-16,19,24H,5-6,9-10,17-18,20-21H2,1H3,(H,44,45)/t36-/m1/s1. The third-order valence-electron chi connectivity index (χ3n) is 9.37. The first-order chi connectivity index (χ1) is 23.8. The topological polar surface area (TPSA) is 117 Å². The molecule has 1 amide bonds. The van der Waals surface area contributed by atoms with Crippen molar-refractivity contribution in [2.45, 2.75) is 68.7 Å². The maximum Gasteiger partial charge on any atom is 0.335 e. The molecule has 2 fully saturated rings. The minimum Gasteiger partial charge on any atom is -0.478 e. The molecule has 1 aliphatic heterocycles. The van der Waals surface area contributed by atoms with Crippen molar-refractivity contribution in [2.24, 2.45) is 0 Å². The third kappa shape index (κ3) is 6.38. The van der Waals surface area contributed by atoms with Crippen LogP contribution in [0.2, 0.25) is 0 Å². The van der Waals surface area contributed by atoms with E-state index in [0.717, 1.165) is 43.1 Å². The predicted octanol–water partition coefficient (Wildman–Crippen LogP) is 6.84. The fourth-order valence-electron chi connectivity index (χ4n) is 6.44. The Kier molecular flexibility index (Phi) is 9.80. The summed E-state index contributed by atoms with van der Waals surface area (Å²) in [4.78, 5) is 30.2. The first-order valence-corrected chi connectivity index (χ1v) is 17.4. The van der Waals surface area contributed by atoms with Crippen LogP contribution in [0.15, 0.2) is 77.8 Å². The van der Waals surface area contributed by atoms with Crippen LogP contribution in [0.25, 0.3) is 0 Å². The monoisotopic (exact) mass is 711 g/mol. The van der Waals surface area contributed by atoms with Gasteiger partial charge in [-0.25, -0.2) is 30.8 Å². The fraction of sp³-hybridized carbons (Fsp3) is 0.306. The van der Waals surface area contributed by atoms with Gasteiger partial charge >= 0.3 is 5.97 Å². The summed E-state index contributed by atoms with van der Waals surface area (Å²) in [5, 5.41) is 9.46. The number of rotatable bonds is 11.